The second-order valence-corrected chi connectivity index (χ2v) is 5.55. The Morgan fingerprint density at radius 3 is 2.68 bits per heavy atom. The number of benzene rings is 1. The fraction of sp³-hybridized carbons (Fsp3) is 0.200. The Morgan fingerprint density at radius 2 is 1.89 bits per heavy atom. The summed E-state index contributed by atoms with van der Waals surface area (Å²) in [5.41, 5.74) is 3.53. The number of nitrogens with one attached hydrogen (secondary N) is 1. The van der Waals surface area contributed by atoms with Gasteiger partial charge in [-0.25, -0.2) is 9.97 Å². The van der Waals surface area contributed by atoms with Crippen molar-refractivity contribution in [3.05, 3.63) is 53.2 Å². The third kappa shape index (κ3) is 2.44. The van der Waals surface area contributed by atoms with Crippen molar-refractivity contribution in [3.63, 3.8) is 0 Å². The first-order valence-electron chi connectivity index (χ1n) is 6.25. The number of thiophene rings is 1. The van der Waals surface area contributed by atoms with E-state index in [2.05, 4.69) is 53.4 Å². The zero-order chi connectivity index (χ0) is 13.2. The largest absolute Gasteiger partial charge is 0.362 e. The van der Waals surface area contributed by atoms with Gasteiger partial charge in [-0.3, -0.25) is 0 Å². The highest BCUT2D eigenvalue weighted by atomic mass is 32.1. The second-order valence-electron chi connectivity index (χ2n) is 4.63. The Labute approximate surface area is 116 Å². The third-order valence-electron chi connectivity index (χ3n) is 3.17. The lowest BCUT2D eigenvalue weighted by molar-refractivity contribution is 0.876. The Hall–Kier alpha value is -1.94. The minimum Gasteiger partial charge on any atom is -0.362 e. The quantitative estimate of drug-likeness (QED) is 0.775. The highest BCUT2D eigenvalue weighted by molar-refractivity contribution is 7.17. The van der Waals surface area contributed by atoms with Gasteiger partial charge in [0.1, 0.15) is 12.1 Å². The van der Waals surface area contributed by atoms with Crippen LogP contribution in [-0.2, 0) is 0 Å². The Balaban J connectivity index is 1.88. The summed E-state index contributed by atoms with van der Waals surface area (Å²) < 4.78 is 1.11. The van der Waals surface area contributed by atoms with Gasteiger partial charge < -0.3 is 5.32 Å². The number of hydrogen-bond acceptors (Lipinski definition) is 4. The smallest absolute Gasteiger partial charge is 0.147 e. The molecule has 0 spiro atoms. The highest BCUT2D eigenvalue weighted by Crippen LogP contribution is 2.27. The molecule has 1 atom stereocenters. The molecule has 1 aromatic carbocycles. The van der Waals surface area contributed by atoms with E-state index in [0.29, 0.717) is 0 Å². The molecule has 0 aliphatic heterocycles. The van der Waals surface area contributed by atoms with Gasteiger partial charge in [-0.05, 0) is 30.9 Å². The molecule has 3 rings (SSSR count). The summed E-state index contributed by atoms with van der Waals surface area (Å²) >= 11 is 1.67. The maximum Gasteiger partial charge on any atom is 0.147 e. The molecule has 0 aliphatic carbocycles. The van der Waals surface area contributed by atoms with Gasteiger partial charge in [-0.15, -0.1) is 11.3 Å². The van der Waals surface area contributed by atoms with Crippen molar-refractivity contribution >= 4 is 27.4 Å². The molecule has 2 aromatic heterocycles. The van der Waals surface area contributed by atoms with E-state index in [0.717, 1.165) is 16.0 Å². The van der Waals surface area contributed by atoms with Crippen molar-refractivity contribution in [2.75, 3.05) is 5.32 Å². The van der Waals surface area contributed by atoms with Crippen molar-refractivity contribution in [1.82, 2.24) is 9.97 Å². The van der Waals surface area contributed by atoms with E-state index in [-0.39, 0.29) is 6.04 Å². The average Bonchev–Trinajstić information content (AvgIpc) is 2.89. The van der Waals surface area contributed by atoms with E-state index in [9.17, 15) is 0 Å². The number of aromatic nitrogens is 2. The van der Waals surface area contributed by atoms with Gasteiger partial charge >= 0.3 is 0 Å². The van der Waals surface area contributed by atoms with Crippen LogP contribution in [0.5, 0.6) is 0 Å². The molecule has 1 unspecified atom stereocenters. The molecule has 3 nitrogen and oxygen atoms in total. The van der Waals surface area contributed by atoms with Gasteiger partial charge in [-0.1, -0.05) is 29.8 Å². The molecule has 0 saturated carbocycles. The Bertz CT molecular complexity index is 688. The van der Waals surface area contributed by atoms with Crippen LogP contribution in [0, 0.1) is 6.92 Å². The second kappa shape index (κ2) is 4.97. The van der Waals surface area contributed by atoms with E-state index in [1.54, 1.807) is 17.7 Å². The van der Waals surface area contributed by atoms with Crippen molar-refractivity contribution in [1.29, 1.82) is 0 Å². The molecule has 0 saturated heterocycles. The summed E-state index contributed by atoms with van der Waals surface area (Å²) in [6.07, 6.45) is 1.61. The molecule has 0 bridgehead atoms. The first-order chi connectivity index (χ1) is 9.24. The molecule has 0 aliphatic rings. The molecule has 2 heterocycles. The molecule has 96 valence electrons. The number of hydrogen-bond donors (Lipinski definition) is 1. The Morgan fingerprint density at radius 1 is 1.11 bits per heavy atom. The van der Waals surface area contributed by atoms with E-state index >= 15 is 0 Å². The van der Waals surface area contributed by atoms with Crippen molar-refractivity contribution < 1.29 is 0 Å². The van der Waals surface area contributed by atoms with E-state index in [4.69, 9.17) is 0 Å². The van der Waals surface area contributed by atoms with Crippen LogP contribution in [0.2, 0.25) is 0 Å². The maximum absolute atomic E-state index is 4.35. The molecule has 0 fully saturated rings. The predicted octanol–water partition coefficient (Wildman–Crippen LogP) is 4.17. The molecule has 4 heteroatoms. The van der Waals surface area contributed by atoms with E-state index in [1.165, 1.54) is 11.1 Å². The van der Waals surface area contributed by atoms with Crippen molar-refractivity contribution in [2.45, 2.75) is 19.9 Å². The molecule has 0 radical (unpaired) electrons. The van der Waals surface area contributed by atoms with Gasteiger partial charge in [0.25, 0.3) is 0 Å². The van der Waals surface area contributed by atoms with Crippen LogP contribution in [0.3, 0.4) is 0 Å². The van der Waals surface area contributed by atoms with E-state index in [1.807, 2.05) is 11.4 Å². The normalized spacial score (nSPS) is 12.5. The molecule has 3 aromatic rings. The zero-order valence-corrected chi connectivity index (χ0v) is 11.7. The topological polar surface area (TPSA) is 37.8 Å². The number of fused-ring (bicyclic) bond motifs is 1. The van der Waals surface area contributed by atoms with Gasteiger partial charge in [-0.2, -0.15) is 0 Å². The van der Waals surface area contributed by atoms with Crippen LogP contribution in [0.1, 0.15) is 24.1 Å². The number of nitrogens with zero attached hydrogens (tertiary/aromatic N) is 2. The minimum atomic E-state index is 0.223. The Kier molecular flexibility index (Phi) is 3.17. The first kappa shape index (κ1) is 12.1. The summed E-state index contributed by atoms with van der Waals surface area (Å²) in [4.78, 5) is 8.60. The fourth-order valence-electron chi connectivity index (χ4n) is 2.04. The van der Waals surface area contributed by atoms with Crippen LogP contribution in [0.4, 0.5) is 5.82 Å². The van der Waals surface area contributed by atoms with Crippen LogP contribution in [-0.4, -0.2) is 9.97 Å². The van der Waals surface area contributed by atoms with Crippen LogP contribution >= 0.6 is 11.3 Å². The van der Waals surface area contributed by atoms with Crippen LogP contribution in [0.25, 0.3) is 10.2 Å². The number of anilines is 1. The predicted molar refractivity (Wildman–Crippen MR) is 80.6 cm³/mol. The summed E-state index contributed by atoms with van der Waals surface area (Å²) in [7, 11) is 0. The SMILES string of the molecule is Cc1ccc(C(C)Nc2ncnc3ccsc23)cc1. The summed E-state index contributed by atoms with van der Waals surface area (Å²) in [6, 6.07) is 10.8. The fourth-order valence-corrected chi connectivity index (χ4v) is 2.83. The van der Waals surface area contributed by atoms with Gasteiger partial charge in [0.05, 0.1) is 10.2 Å². The lowest BCUT2D eigenvalue weighted by Crippen LogP contribution is -2.08. The maximum atomic E-state index is 4.35. The van der Waals surface area contributed by atoms with Crippen molar-refractivity contribution in [3.8, 4) is 0 Å². The average molecular weight is 269 g/mol. The van der Waals surface area contributed by atoms with Gasteiger partial charge in [0.15, 0.2) is 0 Å². The lowest BCUT2D eigenvalue weighted by Gasteiger charge is -2.15. The molecular formula is C15H15N3S. The van der Waals surface area contributed by atoms with Crippen LogP contribution in [0.15, 0.2) is 42.0 Å². The first-order valence-corrected chi connectivity index (χ1v) is 7.13. The summed E-state index contributed by atoms with van der Waals surface area (Å²) in [6.45, 7) is 4.24. The monoisotopic (exact) mass is 269 g/mol. The van der Waals surface area contributed by atoms with Crippen LogP contribution < -0.4 is 5.32 Å². The number of aryl methyl sites for hydroxylation is 1. The molecule has 1 N–H and O–H groups in total. The molecular weight excluding hydrogens is 254 g/mol. The van der Waals surface area contributed by atoms with Gasteiger partial charge in [0.2, 0.25) is 0 Å². The third-order valence-corrected chi connectivity index (χ3v) is 4.08. The van der Waals surface area contributed by atoms with Crippen molar-refractivity contribution in [2.24, 2.45) is 0 Å². The zero-order valence-electron chi connectivity index (χ0n) is 10.9. The molecule has 19 heavy (non-hydrogen) atoms. The molecule has 0 amide bonds. The lowest BCUT2D eigenvalue weighted by atomic mass is 10.1. The summed E-state index contributed by atoms with van der Waals surface area (Å²) in [5.74, 6) is 0.910. The highest BCUT2D eigenvalue weighted by Gasteiger charge is 2.09. The van der Waals surface area contributed by atoms with Gasteiger partial charge in [0, 0.05) is 6.04 Å². The summed E-state index contributed by atoms with van der Waals surface area (Å²) in [5, 5.41) is 5.51. The van der Waals surface area contributed by atoms with E-state index < -0.39 is 0 Å². The number of rotatable bonds is 3. The standard InChI is InChI=1S/C15H15N3S/c1-10-3-5-12(6-4-10)11(2)18-15-14-13(7-8-19-14)16-9-17-15/h3-9,11H,1-2H3,(H,16,17,18). The minimum absolute atomic E-state index is 0.223.